The van der Waals surface area contributed by atoms with Crippen molar-refractivity contribution >= 4 is 11.9 Å². The number of esters is 1. The molecule has 0 rings (SSSR count). The number of amides is 1. The first-order valence-electron chi connectivity index (χ1n) is 5.93. The van der Waals surface area contributed by atoms with E-state index in [1.807, 2.05) is 27.7 Å². The van der Waals surface area contributed by atoms with Gasteiger partial charge in [0.2, 0.25) is 5.91 Å². The largest absolute Gasteiger partial charge is 0.467 e. The fourth-order valence-electron chi connectivity index (χ4n) is 1.50. The molecule has 0 bridgehead atoms. The molecule has 0 fully saturated rings. The highest BCUT2D eigenvalue weighted by molar-refractivity contribution is 5.87. The van der Waals surface area contributed by atoms with Crippen LogP contribution in [0.4, 0.5) is 0 Å². The molecule has 100 valence electrons. The maximum absolute atomic E-state index is 11.8. The molecular formula is C12H24N2O3. The first kappa shape index (κ1) is 15.9. The molecule has 0 heterocycles. The minimum absolute atomic E-state index is 0.0300. The van der Waals surface area contributed by atoms with Gasteiger partial charge in [0.1, 0.15) is 6.04 Å². The summed E-state index contributed by atoms with van der Waals surface area (Å²) in [4.78, 5) is 23.2. The molecule has 0 aliphatic rings. The SMILES string of the molecule is COC(=O)C(NC(=O)[C@H](N)CC(C)C)C(C)C. The van der Waals surface area contributed by atoms with Crippen LogP contribution in [-0.4, -0.2) is 31.1 Å². The average molecular weight is 244 g/mol. The predicted octanol–water partition coefficient (Wildman–Crippen LogP) is 0.674. The van der Waals surface area contributed by atoms with Gasteiger partial charge in [-0.15, -0.1) is 0 Å². The minimum Gasteiger partial charge on any atom is -0.467 e. The van der Waals surface area contributed by atoms with Crippen molar-refractivity contribution in [3.63, 3.8) is 0 Å². The summed E-state index contributed by atoms with van der Waals surface area (Å²) in [7, 11) is 1.30. The number of carbonyl (C=O) groups excluding carboxylic acids is 2. The quantitative estimate of drug-likeness (QED) is 0.673. The van der Waals surface area contributed by atoms with Crippen molar-refractivity contribution in [1.82, 2.24) is 5.32 Å². The second-order valence-electron chi connectivity index (χ2n) is 4.99. The van der Waals surface area contributed by atoms with E-state index in [4.69, 9.17) is 5.73 Å². The molecule has 0 saturated carbocycles. The number of hydrogen-bond donors (Lipinski definition) is 2. The van der Waals surface area contributed by atoms with E-state index in [0.29, 0.717) is 12.3 Å². The van der Waals surface area contributed by atoms with Crippen LogP contribution in [0.15, 0.2) is 0 Å². The summed E-state index contributed by atoms with van der Waals surface area (Å²) in [5.41, 5.74) is 5.74. The van der Waals surface area contributed by atoms with Gasteiger partial charge in [-0.05, 0) is 18.3 Å². The van der Waals surface area contributed by atoms with Gasteiger partial charge < -0.3 is 15.8 Å². The van der Waals surface area contributed by atoms with Crippen molar-refractivity contribution < 1.29 is 14.3 Å². The van der Waals surface area contributed by atoms with Crippen molar-refractivity contribution in [2.75, 3.05) is 7.11 Å². The van der Waals surface area contributed by atoms with E-state index in [2.05, 4.69) is 10.1 Å². The van der Waals surface area contributed by atoms with Gasteiger partial charge in [-0.25, -0.2) is 4.79 Å². The second-order valence-corrected chi connectivity index (χ2v) is 4.99. The van der Waals surface area contributed by atoms with E-state index in [0.717, 1.165) is 0 Å². The number of carbonyl (C=O) groups is 2. The van der Waals surface area contributed by atoms with Crippen molar-refractivity contribution in [3.8, 4) is 0 Å². The number of ether oxygens (including phenoxy) is 1. The molecule has 0 spiro atoms. The van der Waals surface area contributed by atoms with Gasteiger partial charge in [-0.1, -0.05) is 27.7 Å². The summed E-state index contributed by atoms with van der Waals surface area (Å²) in [6.45, 7) is 7.67. The summed E-state index contributed by atoms with van der Waals surface area (Å²) in [5.74, 6) is -0.433. The molecule has 0 aromatic carbocycles. The van der Waals surface area contributed by atoms with Gasteiger partial charge in [0.15, 0.2) is 0 Å². The third kappa shape index (κ3) is 5.68. The highest BCUT2D eigenvalue weighted by Gasteiger charge is 2.27. The van der Waals surface area contributed by atoms with Gasteiger partial charge in [0, 0.05) is 0 Å². The van der Waals surface area contributed by atoms with Crippen LogP contribution in [0.25, 0.3) is 0 Å². The molecule has 2 atom stereocenters. The van der Waals surface area contributed by atoms with Gasteiger partial charge in [0.05, 0.1) is 13.2 Å². The molecule has 0 radical (unpaired) electrons. The van der Waals surface area contributed by atoms with Crippen LogP contribution in [0.3, 0.4) is 0 Å². The molecule has 5 heteroatoms. The smallest absolute Gasteiger partial charge is 0.328 e. The lowest BCUT2D eigenvalue weighted by molar-refractivity contribution is -0.146. The summed E-state index contributed by atoms with van der Waals surface area (Å²) in [6, 6.07) is -1.22. The molecule has 0 aliphatic carbocycles. The van der Waals surface area contributed by atoms with E-state index in [9.17, 15) is 9.59 Å². The standard InChI is InChI=1S/C12H24N2O3/c1-7(2)6-9(13)11(15)14-10(8(3)4)12(16)17-5/h7-10H,6,13H2,1-5H3,(H,14,15)/t9-,10?/m1/s1. The second kappa shape index (κ2) is 7.27. The number of nitrogens with one attached hydrogen (secondary N) is 1. The molecular weight excluding hydrogens is 220 g/mol. The molecule has 1 amide bonds. The van der Waals surface area contributed by atoms with Crippen LogP contribution >= 0.6 is 0 Å². The highest BCUT2D eigenvalue weighted by Crippen LogP contribution is 2.06. The van der Waals surface area contributed by atoms with Crippen LogP contribution in [-0.2, 0) is 14.3 Å². The molecule has 0 aromatic heterocycles. The Morgan fingerprint density at radius 1 is 1.24 bits per heavy atom. The third-order valence-electron chi connectivity index (χ3n) is 2.48. The van der Waals surface area contributed by atoms with Gasteiger partial charge in [-0.3, -0.25) is 4.79 Å². The normalized spacial score (nSPS) is 14.6. The van der Waals surface area contributed by atoms with E-state index in [-0.39, 0.29) is 11.8 Å². The van der Waals surface area contributed by atoms with Gasteiger partial charge >= 0.3 is 5.97 Å². The van der Waals surface area contributed by atoms with E-state index < -0.39 is 18.1 Å². The third-order valence-corrected chi connectivity index (χ3v) is 2.48. The molecule has 17 heavy (non-hydrogen) atoms. The van der Waals surface area contributed by atoms with E-state index in [1.54, 1.807) is 0 Å². The topological polar surface area (TPSA) is 81.4 Å². The fraction of sp³-hybridized carbons (Fsp3) is 0.833. The Morgan fingerprint density at radius 2 is 1.76 bits per heavy atom. The summed E-state index contributed by atoms with van der Waals surface area (Å²) >= 11 is 0. The Bertz CT molecular complexity index is 264. The maximum atomic E-state index is 11.8. The average Bonchev–Trinajstić information content (AvgIpc) is 2.22. The first-order chi connectivity index (χ1) is 7.79. The number of hydrogen-bond acceptors (Lipinski definition) is 4. The maximum Gasteiger partial charge on any atom is 0.328 e. The molecule has 0 saturated heterocycles. The lowest BCUT2D eigenvalue weighted by Gasteiger charge is -2.22. The Hall–Kier alpha value is -1.10. The van der Waals surface area contributed by atoms with Gasteiger partial charge in [0.25, 0.3) is 0 Å². The van der Waals surface area contributed by atoms with E-state index in [1.165, 1.54) is 7.11 Å². The highest BCUT2D eigenvalue weighted by atomic mass is 16.5. The Labute approximate surface area is 103 Å². The van der Waals surface area contributed by atoms with Crippen molar-refractivity contribution in [1.29, 1.82) is 0 Å². The summed E-state index contributed by atoms with van der Waals surface area (Å²) in [6.07, 6.45) is 0.595. The fourth-order valence-corrected chi connectivity index (χ4v) is 1.50. The monoisotopic (exact) mass is 244 g/mol. The van der Waals surface area contributed by atoms with E-state index >= 15 is 0 Å². The number of methoxy groups -OCH3 is 1. The molecule has 5 nitrogen and oxygen atoms in total. The summed E-state index contributed by atoms with van der Waals surface area (Å²) < 4.78 is 4.64. The van der Waals surface area contributed by atoms with Crippen LogP contribution < -0.4 is 11.1 Å². The molecule has 0 aromatic rings. The first-order valence-corrected chi connectivity index (χ1v) is 5.93. The predicted molar refractivity (Wildman–Crippen MR) is 66.2 cm³/mol. The molecule has 1 unspecified atom stereocenters. The van der Waals surface area contributed by atoms with Crippen molar-refractivity contribution in [3.05, 3.63) is 0 Å². The van der Waals surface area contributed by atoms with Gasteiger partial charge in [-0.2, -0.15) is 0 Å². The lowest BCUT2D eigenvalue weighted by atomic mass is 10.0. The number of rotatable bonds is 6. The number of nitrogens with two attached hydrogens (primary N) is 1. The van der Waals surface area contributed by atoms with Crippen molar-refractivity contribution in [2.45, 2.75) is 46.2 Å². The lowest BCUT2D eigenvalue weighted by Crippen LogP contribution is -2.51. The molecule has 0 aliphatic heterocycles. The van der Waals surface area contributed by atoms with Crippen LogP contribution in [0.1, 0.15) is 34.1 Å². The summed E-state index contributed by atoms with van der Waals surface area (Å²) in [5, 5.41) is 2.63. The van der Waals surface area contributed by atoms with Crippen molar-refractivity contribution in [2.24, 2.45) is 17.6 Å². The Morgan fingerprint density at radius 3 is 2.12 bits per heavy atom. The van der Waals surface area contributed by atoms with Crippen LogP contribution in [0.5, 0.6) is 0 Å². The Kier molecular flexibility index (Phi) is 6.80. The minimum atomic E-state index is -0.634. The Balaban J connectivity index is 4.45. The van der Waals surface area contributed by atoms with Crippen LogP contribution in [0, 0.1) is 11.8 Å². The van der Waals surface area contributed by atoms with Crippen LogP contribution in [0.2, 0.25) is 0 Å². The zero-order valence-electron chi connectivity index (χ0n) is 11.3. The zero-order valence-corrected chi connectivity index (χ0v) is 11.3. The zero-order chi connectivity index (χ0) is 13.6. The molecule has 3 N–H and O–H groups in total.